The molecule has 0 fully saturated rings. The van der Waals surface area contributed by atoms with Crippen molar-refractivity contribution in [3.05, 3.63) is 105 Å². The zero-order valence-corrected chi connectivity index (χ0v) is 21.4. The van der Waals surface area contributed by atoms with Gasteiger partial charge in [0.1, 0.15) is 12.4 Å². The Balaban J connectivity index is 1.48. The number of non-ortho nitro benzene ring substituents is 1. The van der Waals surface area contributed by atoms with Gasteiger partial charge in [0.25, 0.3) is 11.6 Å². The molecule has 0 spiro atoms. The number of fused-ring (bicyclic) bond motifs is 1. The molecule has 0 aliphatic carbocycles. The molecule has 0 aliphatic heterocycles. The van der Waals surface area contributed by atoms with Crippen LogP contribution in [-0.4, -0.2) is 30.8 Å². The minimum Gasteiger partial charge on any atom is -0.496 e. The Hall–Kier alpha value is -4.63. The van der Waals surface area contributed by atoms with E-state index in [1.54, 1.807) is 36.4 Å². The fourth-order valence-electron chi connectivity index (χ4n) is 3.73. The molecule has 10 heteroatoms. The summed E-state index contributed by atoms with van der Waals surface area (Å²) in [7, 11) is 1.51. The first kappa shape index (κ1) is 26.4. The molecule has 4 rings (SSSR count). The maximum atomic E-state index is 12.8. The maximum absolute atomic E-state index is 12.8. The second-order valence-electron chi connectivity index (χ2n) is 8.07. The summed E-state index contributed by atoms with van der Waals surface area (Å²) in [6, 6.07) is 20.6. The van der Waals surface area contributed by atoms with E-state index in [1.165, 1.54) is 25.5 Å². The van der Waals surface area contributed by atoms with Crippen LogP contribution in [0.4, 0.5) is 5.69 Å². The van der Waals surface area contributed by atoms with E-state index in [1.807, 2.05) is 31.2 Å². The molecule has 4 aromatic carbocycles. The van der Waals surface area contributed by atoms with Crippen molar-refractivity contribution in [2.75, 3.05) is 13.7 Å². The molecule has 194 valence electrons. The summed E-state index contributed by atoms with van der Waals surface area (Å²) in [6.07, 6.45) is 1.44. The zero-order valence-electron chi connectivity index (χ0n) is 20.6. The number of ether oxygens (including phenoxy) is 3. The van der Waals surface area contributed by atoms with E-state index < -0.39 is 10.8 Å². The fourth-order valence-corrected chi connectivity index (χ4v) is 4.00. The molecule has 1 amide bonds. The fraction of sp³-hybridized carbons (Fsp3) is 0.143. The van der Waals surface area contributed by atoms with Crippen molar-refractivity contribution < 1.29 is 23.9 Å². The quantitative estimate of drug-likeness (QED) is 0.148. The molecule has 0 saturated carbocycles. The van der Waals surface area contributed by atoms with Crippen molar-refractivity contribution in [2.45, 2.75) is 13.5 Å². The van der Waals surface area contributed by atoms with Gasteiger partial charge in [-0.05, 0) is 65.2 Å². The van der Waals surface area contributed by atoms with Crippen LogP contribution in [0.3, 0.4) is 0 Å². The molecule has 0 heterocycles. The molecule has 0 saturated heterocycles. The summed E-state index contributed by atoms with van der Waals surface area (Å²) in [5.41, 5.74) is 4.17. The van der Waals surface area contributed by atoms with Gasteiger partial charge >= 0.3 is 0 Å². The number of carbonyl (C=O) groups excluding carboxylic acids is 1. The van der Waals surface area contributed by atoms with Gasteiger partial charge in [-0.2, -0.15) is 5.10 Å². The van der Waals surface area contributed by atoms with E-state index in [9.17, 15) is 14.9 Å². The molecular formula is C28H24ClN3O6. The Labute approximate surface area is 223 Å². The number of benzene rings is 4. The number of hydrogen-bond donors (Lipinski definition) is 1. The van der Waals surface area contributed by atoms with Gasteiger partial charge in [0.2, 0.25) is 0 Å². The standard InChI is InChI=1S/C28H24ClN3O6/c1-3-37-26-13-19(12-24(29)27(26)38-17-18-8-10-22(11-9-18)32(34)35)16-30-31-28(33)23-14-20-6-4-5-7-21(20)15-25(23)36-2/h4-16H,3,17H2,1-2H3,(H,31,33)/b30-16-. The molecule has 38 heavy (non-hydrogen) atoms. The third-order valence-corrected chi connectivity index (χ3v) is 5.83. The van der Waals surface area contributed by atoms with E-state index in [-0.39, 0.29) is 17.3 Å². The topological polar surface area (TPSA) is 112 Å². The normalized spacial score (nSPS) is 10.9. The molecule has 0 radical (unpaired) electrons. The zero-order chi connectivity index (χ0) is 27.1. The van der Waals surface area contributed by atoms with Gasteiger partial charge in [-0.1, -0.05) is 35.9 Å². The lowest BCUT2D eigenvalue weighted by Gasteiger charge is -2.14. The summed E-state index contributed by atoms with van der Waals surface area (Å²) in [4.78, 5) is 23.2. The second-order valence-corrected chi connectivity index (χ2v) is 8.48. The summed E-state index contributed by atoms with van der Waals surface area (Å²) >= 11 is 6.48. The molecule has 0 aliphatic rings. The molecular weight excluding hydrogens is 510 g/mol. The van der Waals surface area contributed by atoms with Crippen molar-refractivity contribution >= 4 is 40.2 Å². The average molecular weight is 534 g/mol. The third kappa shape index (κ3) is 6.19. The smallest absolute Gasteiger partial charge is 0.275 e. The van der Waals surface area contributed by atoms with Crippen LogP contribution in [0.5, 0.6) is 17.2 Å². The average Bonchev–Trinajstić information content (AvgIpc) is 2.92. The Kier molecular flexibility index (Phi) is 8.40. The van der Waals surface area contributed by atoms with Crippen LogP contribution in [-0.2, 0) is 6.61 Å². The predicted molar refractivity (Wildman–Crippen MR) is 146 cm³/mol. The SMILES string of the molecule is CCOc1cc(/C=N\NC(=O)c2cc3ccccc3cc2OC)cc(Cl)c1OCc1ccc([N+](=O)[O-])cc1. The van der Waals surface area contributed by atoms with Gasteiger partial charge in [-0.25, -0.2) is 5.43 Å². The molecule has 0 aromatic heterocycles. The number of halogens is 1. The number of carbonyl (C=O) groups is 1. The summed E-state index contributed by atoms with van der Waals surface area (Å²) in [5, 5.41) is 17.1. The van der Waals surface area contributed by atoms with Crippen LogP contribution in [0.15, 0.2) is 77.9 Å². The largest absolute Gasteiger partial charge is 0.496 e. The second kappa shape index (κ2) is 12.1. The summed E-state index contributed by atoms with van der Waals surface area (Å²) in [6.45, 7) is 2.32. The minimum atomic E-state index is -0.463. The number of hydrogen-bond acceptors (Lipinski definition) is 7. The van der Waals surface area contributed by atoms with Gasteiger partial charge in [0.15, 0.2) is 11.5 Å². The number of nitro benzene ring substituents is 1. The third-order valence-electron chi connectivity index (χ3n) is 5.55. The lowest BCUT2D eigenvalue weighted by Crippen LogP contribution is -2.18. The number of nitrogens with zero attached hydrogens (tertiary/aromatic N) is 2. The lowest BCUT2D eigenvalue weighted by atomic mass is 10.1. The van der Waals surface area contributed by atoms with Crippen molar-refractivity contribution in [1.82, 2.24) is 5.43 Å². The summed E-state index contributed by atoms with van der Waals surface area (Å²) in [5.74, 6) is 0.732. The lowest BCUT2D eigenvalue weighted by molar-refractivity contribution is -0.384. The van der Waals surface area contributed by atoms with Gasteiger partial charge in [0, 0.05) is 12.1 Å². The van der Waals surface area contributed by atoms with E-state index in [2.05, 4.69) is 10.5 Å². The van der Waals surface area contributed by atoms with E-state index in [0.29, 0.717) is 35.0 Å². The molecule has 4 aromatic rings. The Bertz CT molecular complexity index is 1500. The number of methoxy groups -OCH3 is 1. The van der Waals surface area contributed by atoms with Crippen molar-refractivity contribution in [1.29, 1.82) is 0 Å². The molecule has 9 nitrogen and oxygen atoms in total. The maximum Gasteiger partial charge on any atom is 0.275 e. The highest BCUT2D eigenvalue weighted by Gasteiger charge is 2.15. The molecule has 0 bridgehead atoms. The van der Waals surface area contributed by atoms with Crippen molar-refractivity contribution in [2.24, 2.45) is 5.10 Å². The number of nitrogens with one attached hydrogen (secondary N) is 1. The first-order valence-corrected chi connectivity index (χ1v) is 12.0. The number of amides is 1. The van der Waals surface area contributed by atoms with Gasteiger partial charge in [0.05, 0.1) is 35.4 Å². The van der Waals surface area contributed by atoms with E-state index in [4.69, 9.17) is 25.8 Å². The highest BCUT2D eigenvalue weighted by Crippen LogP contribution is 2.37. The van der Waals surface area contributed by atoms with Gasteiger partial charge in [-0.3, -0.25) is 14.9 Å². The monoisotopic (exact) mass is 533 g/mol. The minimum absolute atomic E-state index is 0.00317. The van der Waals surface area contributed by atoms with Crippen LogP contribution >= 0.6 is 11.6 Å². The van der Waals surface area contributed by atoms with Crippen LogP contribution in [0.1, 0.15) is 28.4 Å². The Morgan fingerprint density at radius 1 is 1.03 bits per heavy atom. The first-order valence-electron chi connectivity index (χ1n) is 11.6. The Morgan fingerprint density at radius 3 is 2.39 bits per heavy atom. The first-order chi connectivity index (χ1) is 18.4. The van der Waals surface area contributed by atoms with Crippen molar-refractivity contribution in [3.8, 4) is 17.2 Å². The van der Waals surface area contributed by atoms with Crippen LogP contribution in [0.25, 0.3) is 10.8 Å². The van der Waals surface area contributed by atoms with Gasteiger partial charge in [-0.15, -0.1) is 0 Å². The molecule has 0 unspecified atom stereocenters. The van der Waals surface area contributed by atoms with Crippen LogP contribution in [0.2, 0.25) is 5.02 Å². The van der Waals surface area contributed by atoms with Gasteiger partial charge < -0.3 is 14.2 Å². The number of rotatable bonds is 10. The van der Waals surface area contributed by atoms with Crippen molar-refractivity contribution in [3.63, 3.8) is 0 Å². The number of hydrazone groups is 1. The van der Waals surface area contributed by atoms with Crippen LogP contribution in [0, 0.1) is 10.1 Å². The predicted octanol–water partition coefficient (Wildman–Crippen LogP) is 6.15. The number of nitro groups is 1. The van der Waals surface area contributed by atoms with E-state index >= 15 is 0 Å². The summed E-state index contributed by atoms with van der Waals surface area (Å²) < 4.78 is 17.0. The highest BCUT2D eigenvalue weighted by atomic mass is 35.5. The molecule has 1 N–H and O–H groups in total. The molecule has 0 atom stereocenters. The van der Waals surface area contributed by atoms with E-state index in [0.717, 1.165) is 16.3 Å². The Morgan fingerprint density at radius 2 is 1.74 bits per heavy atom. The highest BCUT2D eigenvalue weighted by molar-refractivity contribution is 6.32. The van der Waals surface area contributed by atoms with Crippen LogP contribution < -0.4 is 19.6 Å².